The number of piperidine rings is 1. The van der Waals surface area contributed by atoms with Crippen LogP contribution in [-0.2, 0) is 0 Å². The summed E-state index contributed by atoms with van der Waals surface area (Å²) in [6.07, 6.45) is 3.62. The van der Waals surface area contributed by atoms with Gasteiger partial charge in [0.25, 0.3) is 5.69 Å². The molecule has 0 amide bonds. The van der Waals surface area contributed by atoms with Gasteiger partial charge in [-0.15, -0.1) is 0 Å². The van der Waals surface area contributed by atoms with Gasteiger partial charge in [-0.05, 0) is 38.2 Å². The molecule has 100 valence electrons. The second-order valence-corrected chi connectivity index (χ2v) is 5.50. The van der Waals surface area contributed by atoms with Crippen molar-refractivity contribution in [2.75, 3.05) is 11.4 Å². The number of benzene rings is 1. The molecule has 0 aromatic heterocycles. The number of non-ortho nitro benzene ring substituents is 1. The minimum atomic E-state index is -0.452. The molecule has 1 saturated heterocycles. The quantitative estimate of drug-likeness (QED) is 0.476. The number of ketones is 1. The van der Waals surface area contributed by atoms with Crippen molar-refractivity contribution in [3.05, 3.63) is 33.9 Å². The lowest BCUT2D eigenvalue weighted by Crippen LogP contribution is -2.32. The standard InChI is InChI=1S/C14H16N2O3/c1-9(17)13-7-12(16(18)19)4-5-14(13)15-8-10-2-3-11(15)6-10/h4-5,7,10-11H,2-3,6,8H2,1H3. The SMILES string of the molecule is CC(=O)c1cc([N+](=O)[O-])ccc1N1CC2CCC1C2. The molecule has 5 nitrogen and oxygen atoms in total. The second-order valence-electron chi connectivity index (χ2n) is 5.50. The molecule has 19 heavy (non-hydrogen) atoms. The Morgan fingerprint density at radius 1 is 1.42 bits per heavy atom. The van der Waals surface area contributed by atoms with E-state index in [1.54, 1.807) is 6.07 Å². The van der Waals surface area contributed by atoms with Crippen molar-refractivity contribution in [3.63, 3.8) is 0 Å². The molecule has 0 radical (unpaired) electrons. The molecule has 1 aromatic rings. The van der Waals surface area contributed by atoms with Gasteiger partial charge < -0.3 is 4.90 Å². The van der Waals surface area contributed by atoms with E-state index < -0.39 is 4.92 Å². The summed E-state index contributed by atoms with van der Waals surface area (Å²) in [5.41, 5.74) is 1.32. The van der Waals surface area contributed by atoms with Crippen LogP contribution in [-0.4, -0.2) is 23.3 Å². The molecular weight excluding hydrogens is 244 g/mol. The van der Waals surface area contributed by atoms with E-state index in [1.165, 1.54) is 38.3 Å². The van der Waals surface area contributed by atoms with Crippen LogP contribution >= 0.6 is 0 Å². The lowest BCUT2D eigenvalue weighted by atomic mass is 10.0. The van der Waals surface area contributed by atoms with Gasteiger partial charge in [0.1, 0.15) is 0 Å². The van der Waals surface area contributed by atoms with E-state index in [1.807, 2.05) is 0 Å². The van der Waals surface area contributed by atoms with E-state index in [2.05, 4.69) is 4.90 Å². The number of hydrogen-bond acceptors (Lipinski definition) is 4. The maximum Gasteiger partial charge on any atom is 0.270 e. The van der Waals surface area contributed by atoms with Gasteiger partial charge in [0, 0.05) is 36.0 Å². The van der Waals surface area contributed by atoms with Crippen molar-refractivity contribution in [2.45, 2.75) is 32.2 Å². The minimum Gasteiger partial charge on any atom is -0.368 e. The summed E-state index contributed by atoms with van der Waals surface area (Å²) < 4.78 is 0. The van der Waals surface area contributed by atoms with Gasteiger partial charge in [0.15, 0.2) is 5.78 Å². The third kappa shape index (κ3) is 1.99. The number of nitro benzene ring substituents is 1. The molecule has 0 spiro atoms. The molecule has 2 aliphatic rings. The Morgan fingerprint density at radius 2 is 2.21 bits per heavy atom. The number of Topliss-reactive ketones (excluding diaryl/α,β-unsaturated/α-hetero) is 1. The Morgan fingerprint density at radius 3 is 2.74 bits per heavy atom. The van der Waals surface area contributed by atoms with Gasteiger partial charge in [-0.2, -0.15) is 0 Å². The van der Waals surface area contributed by atoms with E-state index in [0.29, 0.717) is 11.6 Å². The summed E-state index contributed by atoms with van der Waals surface area (Å²) >= 11 is 0. The van der Waals surface area contributed by atoms with Crippen molar-refractivity contribution >= 4 is 17.2 Å². The summed E-state index contributed by atoms with van der Waals surface area (Å²) in [4.78, 5) is 24.4. The van der Waals surface area contributed by atoms with Crippen LogP contribution < -0.4 is 4.90 Å². The number of anilines is 1. The van der Waals surface area contributed by atoms with Crippen LogP contribution in [0.5, 0.6) is 0 Å². The Bertz CT molecular complexity index is 556. The van der Waals surface area contributed by atoms with E-state index in [4.69, 9.17) is 0 Å². The zero-order chi connectivity index (χ0) is 13.6. The first kappa shape index (κ1) is 12.1. The van der Waals surface area contributed by atoms with Gasteiger partial charge in [-0.25, -0.2) is 0 Å². The number of hydrogen-bond donors (Lipinski definition) is 0. The van der Waals surface area contributed by atoms with Gasteiger partial charge in [-0.3, -0.25) is 14.9 Å². The number of carbonyl (C=O) groups is 1. The first-order valence-electron chi connectivity index (χ1n) is 6.62. The molecule has 1 heterocycles. The Labute approximate surface area is 111 Å². The molecule has 2 unspecified atom stereocenters. The summed E-state index contributed by atoms with van der Waals surface area (Å²) in [5.74, 6) is 0.612. The summed E-state index contributed by atoms with van der Waals surface area (Å²) in [5, 5.41) is 10.8. The predicted octanol–water partition coefficient (Wildman–Crippen LogP) is 2.79. The highest BCUT2D eigenvalue weighted by Crippen LogP contribution is 2.41. The van der Waals surface area contributed by atoms with Crippen LogP contribution in [0.2, 0.25) is 0 Å². The smallest absolute Gasteiger partial charge is 0.270 e. The zero-order valence-electron chi connectivity index (χ0n) is 10.8. The van der Waals surface area contributed by atoms with E-state index in [-0.39, 0.29) is 11.5 Å². The van der Waals surface area contributed by atoms with E-state index in [9.17, 15) is 14.9 Å². The van der Waals surface area contributed by atoms with Crippen LogP contribution in [0, 0.1) is 16.0 Å². The normalized spacial score (nSPS) is 24.8. The largest absolute Gasteiger partial charge is 0.368 e. The highest BCUT2D eigenvalue weighted by molar-refractivity contribution is 6.00. The fourth-order valence-electron chi connectivity index (χ4n) is 3.39. The number of carbonyl (C=O) groups excluding carboxylic acids is 1. The van der Waals surface area contributed by atoms with Crippen molar-refractivity contribution in [1.82, 2.24) is 0 Å². The molecule has 2 atom stereocenters. The third-order valence-corrected chi connectivity index (χ3v) is 4.29. The molecular formula is C14H16N2O3. The maximum atomic E-state index is 11.8. The number of nitrogens with zero attached hydrogens (tertiary/aromatic N) is 2. The summed E-state index contributed by atoms with van der Waals surface area (Å²) in [7, 11) is 0. The van der Waals surface area contributed by atoms with Crippen molar-refractivity contribution in [1.29, 1.82) is 0 Å². The Hall–Kier alpha value is -1.91. The van der Waals surface area contributed by atoms with Crippen molar-refractivity contribution < 1.29 is 9.72 Å². The molecule has 3 rings (SSSR count). The summed E-state index contributed by atoms with van der Waals surface area (Å²) in [6, 6.07) is 5.14. The predicted molar refractivity (Wildman–Crippen MR) is 71.6 cm³/mol. The maximum absolute atomic E-state index is 11.8. The second kappa shape index (κ2) is 4.33. The van der Waals surface area contributed by atoms with Crippen LogP contribution in [0.15, 0.2) is 18.2 Å². The molecule has 1 saturated carbocycles. The fraction of sp³-hybridized carbons (Fsp3) is 0.500. The summed E-state index contributed by atoms with van der Waals surface area (Å²) in [6.45, 7) is 2.44. The molecule has 1 aliphatic heterocycles. The van der Waals surface area contributed by atoms with Crippen LogP contribution in [0.1, 0.15) is 36.5 Å². The molecule has 2 bridgehead atoms. The molecule has 5 heteroatoms. The van der Waals surface area contributed by atoms with Crippen LogP contribution in [0.25, 0.3) is 0 Å². The van der Waals surface area contributed by atoms with Gasteiger partial charge in [0.05, 0.1) is 4.92 Å². The lowest BCUT2D eigenvalue weighted by Gasteiger charge is -2.30. The third-order valence-electron chi connectivity index (χ3n) is 4.29. The van der Waals surface area contributed by atoms with E-state index >= 15 is 0 Å². The van der Waals surface area contributed by atoms with Crippen LogP contribution in [0.3, 0.4) is 0 Å². The topological polar surface area (TPSA) is 63.4 Å². The molecule has 0 N–H and O–H groups in total. The highest BCUT2D eigenvalue weighted by atomic mass is 16.6. The minimum absolute atomic E-state index is 0.0155. The fourth-order valence-corrected chi connectivity index (χ4v) is 3.39. The van der Waals surface area contributed by atoms with Gasteiger partial charge >= 0.3 is 0 Å². The van der Waals surface area contributed by atoms with Crippen molar-refractivity contribution in [3.8, 4) is 0 Å². The monoisotopic (exact) mass is 260 g/mol. The lowest BCUT2D eigenvalue weighted by molar-refractivity contribution is -0.384. The average Bonchev–Trinajstić information content (AvgIpc) is 3.00. The molecule has 2 fully saturated rings. The first-order valence-corrected chi connectivity index (χ1v) is 6.62. The number of rotatable bonds is 3. The molecule has 1 aromatic carbocycles. The van der Waals surface area contributed by atoms with Crippen molar-refractivity contribution in [2.24, 2.45) is 5.92 Å². The van der Waals surface area contributed by atoms with Gasteiger partial charge in [-0.1, -0.05) is 0 Å². The first-order chi connectivity index (χ1) is 9.06. The number of fused-ring (bicyclic) bond motifs is 2. The van der Waals surface area contributed by atoms with Gasteiger partial charge in [0.2, 0.25) is 0 Å². The highest BCUT2D eigenvalue weighted by Gasteiger charge is 2.39. The molecule has 1 aliphatic carbocycles. The Balaban J connectivity index is 2.01. The zero-order valence-corrected chi connectivity index (χ0v) is 10.8. The van der Waals surface area contributed by atoms with E-state index in [0.717, 1.165) is 18.2 Å². The van der Waals surface area contributed by atoms with Crippen LogP contribution in [0.4, 0.5) is 11.4 Å². The number of nitro groups is 1. The average molecular weight is 260 g/mol. The Kier molecular flexibility index (Phi) is 2.77.